The minimum absolute atomic E-state index is 0.309. The summed E-state index contributed by atoms with van der Waals surface area (Å²) in [6.45, 7) is 2.22. The summed E-state index contributed by atoms with van der Waals surface area (Å²) in [5, 5.41) is 11.4. The van der Waals surface area contributed by atoms with Crippen LogP contribution in [0.15, 0.2) is 65.3 Å². The average Bonchev–Trinajstić information content (AvgIpc) is 3.19. The zero-order valence-electron chi connectivity index (χ0n) is 19.0. The van der Waals surface area contributed by atoms with Crippen molar-refractivity contribution in [3.05, 3.63) is 87.7 Å². The van der Waals surface area contributed by atoms with E-state index in [2.05, 4.69) is 11.9 Å². The number of aliphatic carboxylic acids is 1. The van der Waals surface area contributed by atoms with Crippen LogP contribution in [0, 0.1) is 0 Å². The van der Waals surface area contributed by atoms with Crippen molar-refractivity contribution in [1.82, 2.24) is 9.97 Å². The maximum absolute atomic E-state index is 12.0. The monoisotopic (exact) mass is 482 g/mol. The highest BCUT2D eigenvalue weighted by atomic mass is 35.5. The molecule has 0 aliphatic rings. The number of carbonyl (C=O) groups is 1. The molecule has 33 heavy (non-hydrogen) atoms. The van der Waals surface area contributed by atoms with E-state index in [1.54, 1.807) is 17.8 Å². The predicted octanol–water partition coefficient (Wildman–Crippen LogP) is 7.43. The molecule has 2 N–H and O–H groups in total. The maximum Gasteiger partial charge on any atom is 0.331 e. The lowest BCUT2D eigenvalue weighted by molar-refractivity contribution is -0.132. The largest absolute Gasteiger partial charge is 0.478 e. The first-order chi connectivity index (χ1) is 16.1. The van der Waals surface area contributed by atoms with E-state index in [9.17, 15) is 9.90 Å². The molecule has 0 amide bonds. The number of carboxylic acids is 1. The van der Waals surface area contributed by atoms with E-state index in [1.807, 2.05) is 54.6 Å². The van der Waals surface area contributed by atoms with E-state index in [0.29, 0.717) is 29.1 Å². The van der Waals surface area contributed by atoms with E-state index >= 15 is 0 Å². The van der Waals surface area contributed by atoms with Crippen LogP contribution in [0.3, 0.4) is 0 Å². The van der Waals surface area contributed by atoms with Gasteiger partial charge in [-0.1, -0.05) is 105 Å². The second kappa shape index (κ2) is 13.3. The molecule has 0 aliphatic heterocycles. The molecule has 0 saturated carbocycles. The topological polar surface area (TPSA) is 66.0 Å². The summed E-state index contributed by atoms with van der Waals surface area (Å²) in [7, 11) is 0. The summed E-state index contributed by atoms with van der Waals surface area (Å²) < 4.78 is 0. The molecule has 0 unspecified atom stereocenters. The molecule has 0 saturated heterocycles. The molecule has 2 aromatic carbocycles. The number of thioether (sulfide) groups is 1. The first-order valence-electron chi connectivity index (χ1n) is 11.5. The molecule has 0 spiro atoms. The van der Waals surface area contributed by atoms with Crippen molar-refractivity contribution in [2.45, 2.75) is 57.0 Å². The van der Waals surface area contributed by atoms with Crippen LogP contribution in [0.5, 0.6) is 0 Å². The zero-order chi connectivity index (χ0) is 23.5. The van der Waals surface area contributed by atoms with Crippen molar-refractivity contribution in [2.75, 3.05) is 5.75 Å². The Labute approximate surface area is 205 Å². The number of halogens is 1. The van der Waals surface area contributed by atoms with Crippen LogP contribution in [0.25, 0.3) is 6.08 Å². The molecule has 0 fully saturated rings. The Morgan fingerprint density at radius 3 is 2.52 bits per heavy atom. The molecule has 6 heteroatoms. The summed E-state index contributed by atoms with van der Waals surface area (Å²) in [6.07, 6.45) is 8.75. The molecule has 3 rings (SSSR count). The van der Waals surface area contributed by atoms with Crippen molar-refractivity contribution >= 4 is 35.4 Å². The molecule has 4 nitrogen and oxygen atoms in total. The normalized spacial score (nSPS) is 11.6. The van der Waals surface area contributed by atoms with Gasteiger partial charge in [-0.2, -0.15) is 0 Å². The summed E-state index contributed by atoms with van der Waals surface area (Å²) >= 11 is 8.08. The Morgan fingerprint density at radius 1 is 1.06 bits per heavy atom. The highest BCUT2D eigenvalue weighted by molar-refractivity contribution is 7.99. The molecule has 3 aromatic rings. The standard InChI is InChI=1S/C27H31ClN2O2S/c1-2-3-4-5-11-16-33-27-29-24(18-21-14-9-10-15-23(21)28)25(30-27)19-22(26(31)32)17-20-12-7-6-8-13-20/h6-10,12-15,19H,2-5,11,16-18H2,1H3,(H,29,30)(H,31,32). The number of aromatic amines is 1. The molecule has 1 heterocycles. The fraction of sp³-hybridized carbons (Fsp3) is 0.333. The van der Waals surface area contributed by atoms with Gasteiger partial charge in [0.05, 0.1) is 5.69 Å². The smallest absolute Gasteiger partial charge is 0.331 e. The van der Waals surface area contributed by atoms with Crippen LogP contribution in [-0.2, 0) is 17.6 Å². The molecular weight excluding hydrogens is 452 g/mol. The molecule has 0 radical (unpaired) electrons. The second-order valence-corrected chi connectivity index (χ2v) is 9.56. The Bertz CT molecular complexity index is 1060. The number of benzene rings is 2. The molecule has 0 aliphatic carbocycles. The number of aromatic nitrogens is 2. The van der Waals surface area contributed by atoms with Crippen LogP contribution in [-0.4, -0.2) is 26.8 Å². The number of hydrogen-bond donors (Lipinski definition) is 2. The number of rotatable bonds is 13. The zero-order valence-corrected chi connectivity index (χ0v) is 20.6. The third-order valence-corrected chi connectivity index (χ3v) is 6.75. The SMILES string of the molecule is CCCCCCCSc1nc(C=C(Cc2ccccc2)C(=O)O)c(Cc2ccccc2Cl)[nH]1. The van der Waals surface area contributed by atoms with Gasteiger partial charge in [0.1, 0.15) is 0 Å². The van der Waals surface area contributed by atoms with Gasteiger partial charge in [0.2, 0.25) is 0 Å². The number of nitrogens with zero attached hydrogens (tertiary/aromatic N) is 1. The van der Waals surface area contributed by atoms with Gasteiger partial charge in [-0.05, 0) is 29.7 Å². The van der Waals surface area contributed by atoms with E-state index in [-0.39, 0.29) is 0 Å². The van der Waals surface area contributed by atoms with Crippen LogP contribution in [0.1, 0.15) is 61.5 Å². The summed E-state index contributed by atoms with van der Waals surface area (Å²) in [5.41, 5.74) is 3.79. The van der Waals surface area contributed by atoms with Crippen molar-refractivity contribution in [3.63, 3.8) is 0 Å². The highest BCUT2D eigenvalue weighted by Crippen LogP contribution is 2.25. The van der Waals surface area contributed by atoms with Crippen molar-refractivity contribution in [2.24, 2.45) is 0 Å². The average molecular weight is 483 g/mol. The van der Waals surface area contributed by atoms with Gasteiger partial charge in [-0.25, -0.2) is 9.78 Å². The minimum atomic E-state index is -0.935. The van der Waals surface area contributed by atoms with Crippen LogP contribution >= 0.6 is 23.4 Å². The maximum atomic E-state index is 12.0. The first-order valence-corrected chi connectivity index (χ1v) is 12.9. The van der Waals surface area contributed by atoms with Gasteiger partial charge in [-0.3, -0.25) is 0 Å². The lowest BCUT2D eigenvalue weighted by Gasteiger charge is -2.05. The van der Waals surface area contributed by atoms with Gasteiger partial charge in [0.15, 0.2) is 5.16 Å². The Morgan fingerprint density at radius 2 is 1.79 bits per heavy atom. The van der Waals surface area contributed by atoms with E-state index < -0.39 is 5.97 Å². The number of H-pyrrole nitrogens is 1. The van der Waals surface area contributed by atoms with Gasteiger partial charge in [0.25, 0.3) is 0 Å². The quantitative estimate of drug-likeness (QED) is 0.151. The molecule has 174 valence electrons. The third-order valence-electron chi connectivity index (χ3n) is 5.42. The van der Waals surface area contributed by atoms with Gasteiger partial charge in [0, 0.05) is 34.9 Å². The number of unbranched alkanes of at least 4 members (excludes halogenated alkanes) is 4. The fourth-order valence-electron chi connectivity index (χ4n) is 3.60. The van der Waals surface area contributed by atoms with Crippen molar-refractivity contribution in [1.29, 1.82) is 0 Å². The number of imidazole rings is 1. The fourth-order valence-corrected chi connectivity index (χ4v) is 4.70. The highest BCUT2D eigenvalue weighted by Gasteiger charge is 2.15. The van der Waals surface area contributed by atoms with E-state index in [0.717, 1.165) is 34.2 Å². The van der Waals surface area contributed by atoms with Crippen LogP contribution in [0.2, 0.25) is 5.02 Å². The summed E-state index contributed by atoms with van der Waals surface area (Å²) in [6, 6.07) is 17.3. The van der Waals surface area contributed by atoms with E-state index in [4.69, 9.17) is 16.6 Å². The molecule has 0 atom stereocenters. The molecule has 0 bridgehead atoms. The minimum Gasteiger partial charge on any atom is -0.478 e. The Balaban J connectivity index is 1.83. The number of nitrogens with one attached hydrogen (secondary N) is 1. The second-order valence-electron chi connectivity index (χ2n) is 8.07. The van der Waals surface area contributed by atoms with Crippen LogP contribution < -0.4 is 0 Å². The predicted molar refractivity (Wildman–Crippen MR) is 138 cm³/mol. The Hall–Kier alpha value is -2.50. The third kappa shape index (κ3) is 8.09. The van der Waals surface area contributed by atoms with E-state index in [1.165, 1.54) is 25.7 Å². The van der Waals surface area contributed by atoms with Gasteiger partial charge >= 0.3 is 5.97 Å². The lowest BCUT2D eigenvalue weighted by atomic mass is 10.0. The summed E-state index contributed by atoms with van der Waals surface area (Å²) in [4.78, 5) is 20.2. The summed E-state index contributed by atoms with van der Waals surface area (Å²) in [5.74, 6) is 0.0533. The Kier molecular flexibility index (Phi) is 10.1. The van der Waals surface area contributed by atoms with Gasteiger partial charge in [-0.15, -0.1) is 0 Å². The lowest BCUT2D eigenvalue weighted by Crippen LogP contribution is -2.04. The first kappa shape index (κ1) is 25.1. The number of carboxylic acid groups (broad SMARTS) is 1. The van der Waals surface area contributed by atoms with Crippen molar-refractivity contribution < 1.29 is 9.90 Å². The molecule has 1 aromatic heterocycles. The number of hydrogen-bond acceptors (Lipinski definition) is 3. The molecular formula is C27H31ClN2O2S. The van der Waals surface area contributed by atoms with Gasteiger partial charge < -0.3 is 10.1 Å². The van der Waals surface area contributed by atoms with Crippen molar-refractivity contribution in [3.8, 4) is 0 Å². The van der Waals surface area contributed by atoms with Crippen LogP contribution in [0.4, 0.5) is 0 Å².